The van der Waals surface area contributed by atoms with Crippen LogP contribution in [0.3, 0.4) is 0 Å². The molecule has 5 atom stereocenters. The van der Waals surface area contributed by atoms with Crippen LogP contribution in [0.25, 0.3) is 0 Å². The number of ketones is 2. The number of hydrogen-bond donors (Lipinski definition) is 1. The van der Waals surface area contributed by atoms with Crippen molar-refractivity contribution >= 4 is 11.6 Å². The maximum absolute atomic E-state index is 12.4. The van der Waals surface area contributed by atoms with E-state index in [1.807, 2.05) is 0 Å². The largest absolute Gasteiger partial charge is 0.396 e. The number of fused-ring (bicyclic) bond motifs is 5. The van der Waals surface area contributed by atoms with Crippen molar-refractivity contribution in [2.24, 2.45) is 34.3 Å². The van der Waals surface area contributed by atoms with Gasteiger partial charge in [-0.1, -0.05) is 20.4 Å². The lowest BCUT2D eigenvalue weighted by molar-refractivity contribution is -0.132. The molecule has 23 heavy (non-hydrogen) atoms. The molecular formula is C20H27NO2. The number of rotatable bonds is 0. The molecule has 3 heteroatoms. The van der Waals surface area contributed by atoms with E-state index in [9.17, 15) is 9.59 Å². The molecule has 0 bridgehead atoms. The van der Waals surface area contributed by atoms with Crippen LogP contribution in [0, 0.1) is 28.6 Å². The van der Waals surface area contributed by atoms with E-state index in [2.05, 4.69) is 20.4 Å². The first kappa shape index (κ1) is 15.2. The number of allylic oxidation sites excluding steroid dienone is 2. The van der Waals surface area contributed by atoms with E-state index in [0.717, 1.165) is 49.7 Å². The monoisotopic (exact) mass is 313 g/mol. The van der Waals surface area contributed by atoms with Crippen molar-refractivity contribution in [1.82, 2.24) is 0 Å². The smallest absolute Gasteiger partial charge is 0.178 e. The van der Waals surface area contributed by atoms with Crippen molar-refractivity contribution in [2.75, 3.05) is 0 Å². The minimum absolute atomic E-state index is 0.0229. The van der Waals surface area contributed by atoms with Crippen molar-refractivity contribution in [3.8, 4) is 0 Å². The molecule has 124 valence electrons. The van der Waals surface area contributed by atoms with Crippen molar-refractivity contribution in [3.05, 3.63) is 23.4 Å². The first-order chi connectivity index (χ1) is 10.8. The molecule has 0 aromatic rings. The van der Waals surface area contributed by atoms with Gasteiger partial charge in [0.05, 0.1) is 5.70 Å². The molecule has 0 aliphatic heterocycles. The third-order valence-corrected chi connectivity index (χ3v) is 7.81. The van der Waals surface area contributed by atoms with Crippen LogP contribution >= 0.6 is 0 Å². The van der Waals surface area contributed by atoms with Gasteiger partial charge in [0.1, 0.15) is 5.78 Å². The number of carbonyl (C=O) groups is 2. The van der Waals surface area contributed by atoms with E-state index in [1.165, 1.54) is 0 Å². The van der Waals surface area contributed by atoms with Crippen molar-refractivity contribution < 1.29 is 9.59 Å². The normalized spacial score (nSPS) is 46.5. The van der Waals surface area contributed by atoms with Gasteiger partial charge in [0.25, 0.3) is 0 Å². The zero-order valence-corrected chi connectivity index (χ0v) is 14.3. The lowest BCUT2D eigenvalue weighted by atomic mass is 9.46. The van der Waals surface area contributed by atoms with Gasteiger partial charge in [-0.2, -0.15) is 0 Å². The Kier molecular flexibility index (Phi) is 3.02. The quantitative estimate of drug-likeness (QED) is 0.744. The second-order valence-corrected chi connectivity index (χ2v) is 8.73. The Bertz CT molecular complexity index is 661. The minimum Gasteiger partial charge on any atom is -0.396 e. The molecule has 0 unspecified atom stereocenters. The Morgan fingerprint density at radius 2 is 1.74 bits per heavy atom. The Morgan fingerprint density at radius 1 is 1.04 bits per heavy atom. The van der Waals surface area contributed by atoms with Gasteiger partial charge in [-0.3, -0.25) is 9.59 Å². The van der Waals surface area contributed by atoms with E-state index < -0.39 is 0 Å². The standard InChI is InChI=1S/C20H27NO2/c1-11-10-12-13-4-5-16(23)19(13,2)8-6-14(12)20(3)9-7-15(22)18(21)17(11)20/h12-14H,1,4-10,21H2,2-3H3/t12-,13-,14-,19-,20+/m0/s1. The van der Waals surface area contributed by atoms with Crippen LogP contribution in [0.15, 0.2) is 23.4 Å². The highest BCUT2D eigenvalue weighted by molar-refractivity contribution is 5.97. The molecular weight excluding hydrogens is 286 g/mol. The van der Waals surface area contributed by atoms with Gasteiger partial charge < -0.3 is 5.73 Å². The predicted molar refractivity (Wildman–Crippen MR) is 89.4 cm³/mol. The van der Waals surface area contributed by atoms with Crippen LogP contribution in [0.2, 0.25) is 0 Å². The van der Waals surface area contributed by atoms with Crippen LogP contribution in [0.1, 0.15) is 58.8 Å². The SMILES string of the molecule is C=C1C[C@@H]2[C@H](CC[C@]3(C)C(=O)CC[C@@H]23)[C@@]2(C)CCC(=O)C(N)=C12. The molecule has 0 amide bonds. The lowest BCUT2D eigenvalue weighted by Gasteiger charge is -2.57. The molecule has 0 radical (unpaired) electrons. The molecule has 0 aromatic heterocycles. The van der Waals surface area contributed by atoms with Crippen molar-refractivity contribution in [2.45, 2.75) is 58.8 Å². The Balaban J connectivity index is 1.79. The van der Waals surface area contributed by atoms with Crippen LogP contribution < -0.4 is 5.73 Å². The first-order valence-corrected chi connectivity index (χ1v) is 9.04. The van der Waals surface area contributed by atoms with Gasteiger partial charge in [-0.25, -0.2) is 0 Å². The average molecular weight is 313 g/mol. The second kappa shape index (κ2) is 4.58. The van der Waals surface area contributed by atoms with Crippen LogP contribution in [-0.2, 0) is 9.59 Å². The summed E-state index contributed by atoms with van der Waals surface area (Å²) in [6.45, 7) is 8.79. The minimum atomic E-state index is -0.116. The summed E-state index contributed by atoms with van der Waals surface area (Å²) in [4.78, 5) is 24.6. The van der Waals surface area contributed by atoms with Crippen molar-refractivity contribution in [1.29, 1.82) is 0 Å². The average Bonchev–Trinajstić information content (AvgIpc) is 2.79. The fraction of sp³-hybridized carbons (Fsp3) is 0.700. The van der Waals surface area contributed by atoms with E-state index in [4.69, 9.17) is 5.73 Å². The fourth-order valence-electron chi connectivity index (χ4n) is 6.57. The highest BCUT2D eigenvalue weighted by atomic mass is 16.1. The molecule has 4 aliphatic carbocycles. The molecule has 3 nitrogen and oxygen atoms in total. The van der Waals surface area contributed by atoms with Crippen molar-refractivity contribution in [3.63, 3.8) is 0 Å². The third-order valence-electron chi connectivity index (χ3n) is 7.81. The summed E-state index contributed by atoms with van der Waals surface area (Å²) < 4.78 is 0. The summed E-state index contributed by atoms with van der Waals surface area (Å²) in [5.74, 6) is 2.12. The van der Waals surface area contributed by atoms with E-state index in [0.29, 0.717) is 35.7 Å². The molecule has 0 aromatic carbocycles. The van der Waals surface area contributed by atoms with Gasteiger partial charge in [-0.15, -0.1) is 0 Å². The van der Waals surface area contributed by atoms with E-state index in [-0.39, 0.29) is 16.6 Å². The van der Waals surface area contributed by atoms with Crippen LogP contribution in [0.5, 0.6) is 0 Å². The number of nitrogens with two attached hydrogens (primary N) is 1. The van der Waals surface area contributed by atoms with Crippen LogP contribution in [-0.4, -0.2) is 11.6 Å². The second-order valence-electron chi connectivity index (χ2n) is 8.73. The molecule has 3 saturated carbocycles. The summed E-state index contributed by atoms with van der Waals surface area (Å²) >= 11 is 0. The van der Waals surface area contributed by atoms with Gasteiger partial charge in [0.2, 0.25) is 0 Å². The molecule has 0 heterocycles. The zero-order valence-electron chi connectivity index (χ0n) is 14.3. The fourth-order valence-corrected chi connectivity index (χ4v) is 6.57. The first-order valence-electron chi connectivity index (χ1n) is 9.04. The maximum atomic E-state index is 12.4. The molecule has 3 fully saturated rings. The van der Waals surface area contributed by atoms with Crippen LogP contribution in [0.4, 0.5) is 0 Å². The number of hydrogen-bond acceptors (Lipinski definition) is 3. The van der Waals surface area contributed by atoms with Gasteiger partial charge >= 0.3 is 0 Å². The summed E-state index contributed by atoms with van der Waals surface area (Å²) in [5, 5.41) is 0. The highest BCUT2D eigenvalue weighted by Crippen LogP contribution is 2.65. The topological polar surface area (TPSA) is 60.2 Å². The molecule has 2 N–H and O–H groups in total. The Morgan fingerprint density at radius 3 is 2.48 bits per heavy atom. The highest BCUT2D eigenvalue weighted by Gasteiger charge is 2.60. The third kappa shape index (κ3) is 1.77. The number of Topliss-reactive ketones (excluding diaryl/α,β-unsaturated/α-hetero) is 2. The molecule has 0 spiro atoms. The zero-order chi connectivity index (χ0) is 16.6. The summed E-state index contributed by atoms with van der Waals surface area (Å²) in [6, 6.07) is 0. The predicted octanol–water partition coefficient (Wildman–Crippen LogP) is 3.54. The molecule has 4 rings (SSSR count). The molecule has 4 aliphatic rings. The van der Waals surface area contributed by atoms with Gasteiger partial charge in [-0.05, 0) is 66.4 Å². The molecule has 0 saturated heterocycles. The Labute approximate surface area is 138 Å². The van der Waals surface area contributed by atoms with Gasteiger partial charge in [0.15, 0.2) is 5.78 Å². The summed E-state index contributed by atoms with van der Waals surface area (Å²) in [7, 11) is 0. The summed E-state index contributed by atoms with van der Waals surface area (Å²) in [5.41, 5.74) is 8.65. The number of carbonyl (C=O) groups excluding carboxylic acids is 2. The van der Waals surface area contributed by atoms with E-state index >= 15 is 0 Å². The van der Waals surface area contributed by atoms with E-state index in [1.54, 1.807) is 0 Å². The Hall–Kier alpha value is -1.38. The lowest BCUT2D eigenvalue weighted by Crippen LogP contribution is -2.52. The van der Waals surface area contributed by atoms with Gasteiger partial charge in [0, 0.05) is 18.3 Å². The maximum Gasteiger partial charge on any atom is 0.178 e. The summed E-state index contributed by atoms with van der Waals surface area (Å²) in [6.07, 6.45) is 6.23.